The zero-order chi connectivity index (χ0) is 6.85. The molecule has 1 heterocycles. The predicted octanol–water partition coefficient (Wildman–Crippen LogP) is 0.759. The molecule has 1 aliphatic rings. The van der Waals surface area contributed by atoms with Crippen LogP contribution in [0.15, 0.2) is 0 Å². The summed E-state index contributed by atoms with van der Waals surface area (Å²) >= 11 is 0. The van der Waals surface area contributed by atoms with Crippen molar-refractivity contribution in [2.45, 2.75) is 32.5 Å². The molecule has 54 valence electrons. The minimum absolute atomic E-state index is 0.380. The molecule has 9 heavy (non-hydrogen) atoms. The van der Waals surface area contributed by atoms with Gasteiger partial charge < -0.3 is 10.5 Å². The van der Waals surface area contributed by atoms with Crippen molar-refractivity contribution in [3.05, 3.63) is 0 Å². The first-order valence-corrected chi connectivity index (χ1v) is 3.59. The summed E-state index contributed by atoms with van der Waals surface area (Å²) in [5.41, 5.74) is 5.51. The highest BCUT2D eigenvalue weighted by atomic mass is 16.5. The minimum atomic E-state index is 0.380. The van der Waals surface area contributed by atoms with Crippen LogP contribution >= 0.6 is 0 Å². The van der Waals surface area contributed by atoms with E-state index in [-0.39, 0.29) is 0 Å². The lowest BCUT2D eigenvalue weighted by atomic mass is 10.0. The van der Waals surface area contributed by atoms with Gasteiger partial charge >= 0.3 is 0 Å². The van der Waals surface area contributed by atoms with Crippen LogP contribution in [0.1, 0.15) is 20.3 Å². The Bertz CT molecular complexity index is 94.9. The molecule has 0 saturated carbocycles. The molecule has 1 saturated heterocycles. The second-order valence-corrected chi connectivity index (χ2v) is 2.88. The summed E-state index contributed by atoms with van der Waals surface area (Å²) in [7, 11) is 0. The van der Waals surface area contributed by atoms with E-state index in [9.17, 15) is 0 Å². The van der Waals surface area contributed by atoms with E-state index in [1.165, 1.54) is 0 Å². The molecule has 0 radical (unpaired) electrons. The van der Waals surface area contributed by atoms with Crippen molar-refractivity contribution in [1.82, 2.24) is 0 Å². The fourth-order valence-corrected chi connectivity index (χ4v) is 1.44. The third kappa shape index (κ3) is 1.43. The van der Waals surface area contributed by atoms with Crippen LogP contribution in [0.3, 0.4) is 0 Å². The zero-order valence-corrected chi connectivity index (χ0v) is 6.13. The molecule has 2 heteroatoms. The summed E-state index contributed by atoms with van der Waals surface area (Å²) in [6, 6.07) is 0. The van der Waals surface area contributed by atoms with Crippen LogP contribution in [0.25, 0.3) is 0 Å². The Kier molecular flexibility index (Phi) is 2.09. The Morgan fingerprint density at radius 3 is 2.44 bits per heavy atom. The molecule has 2 nitrogen and oxygen atoms in total. The largest absolute Gasteiger partial charge is 0.375 e. The van der Waals surface area contributed by atoms with Gasteiger partial charge in [-0.2, -0.15) is 0 Å². The highest BCUT2D eigenvalue weighted by molar-refractivity contribution is 4.77. The predicted molar refractivity (Wildman–Crippen MR) is 37.2 cm³/mol. The molecule has 1 aliphatic heterocycles. The third-order valence-electron chi connectivity index (χ3n) is 2.05. The number of hydrogen-bond donors (Lipinski definition) is 1. The van der Waals surface area contributed by atoms with Crippen molar-refractivity contribution in [3.63, 3.8) is 0 Å². The van der Waals surface area contributed by atoms with Gasteiger partial charge in [0.25, 0.3) is 0 Å². The second-order valence-electron chi connectivity index (χ2n) is 2.88. The molecule has 0 aromatic rings. The fraction of sp³-hybridized carbons (Fsp3) is 1.00. The van der Waals surface area contributed by atoms with E-state index < -0.39 is 0 Å². The van der Waals surface area contributed by atoms with Crippen LogP contribution in [-0.4, -0.2) is 18.8 Å². The maximum absolute atomic E-state index is 5.51. The van der Waals surface area contributed by atoms with E-state index >= 15 is 0 Å². The number of rotatable bonds is 1. The van der Waals surface area contributed by atoms with Crippen molar-refractivity contribution in [3.8, 4) is 0 Å². The highest BCUT2D eigenvalue weighted by Gasteiger charge is 2.27. The van der Waals surface area contributed by atoms with Crippen LogP contribution in [0, 0.1) is 5.92 Å². The fourth-order valence-electron chi connectivity index (χ4n) is 1.44. The molecule has 0 bridgehead atoms. The van der Waals surface area contributed by atoms with Crippen molar-refractivity contribution in [2.75, 3.05) is 6.54 Å². The molecule has 0 aromatic heterocycles. The maximum Gasteiger partial charge on any atom is 0.0591 e. The van der Waals surface area contributed by atoms with Crippen LogP contribution in [-0.2, 0) is 4.74 Å². The third-order valence-corrected chi connectivity index (χ3v) is 2.05. The van der Waals surface area contributed by atoms with Crippen LogP contribution in [0.2, 0.25) is 0 Å². The average Bonchev–Trinajstić information content (AvgIpc) is 2.10. The molecule has 0 amide bonds. The molecular formula is C7H15NO. The van der Waals surface area contributed by atoms with Gasteiger partial charge in [-0.3, -0.25) is 0 Å². The molecule has 0 spiro atoms. The molecule has 1 rings (SSSR count). The van der Waals surface area contributed by atoms with Crippen molar-refractivity contribution < 1.29 is 4.74 Å². The molecule has 1 fully saturated rings. The topological polar surface area (TPSA) is 35.2 Å². The Morgan fingerprint density at radius 2 is 2.22 bits per heavy atom. The molecular weight excluding hydrogens is 114 g/mol. The van der Waals surface area contributed by atoms with Crippen LogP contribution < -0.4 is 5.73 Å². The summed E-state index contributed by atoms with van der Waals surface area (Å²) in [6.07, 6.45) is 1.94. The average molecular weight is 129 g/mol. The van der Waals surface area contributed by atoms with Crippen LogP contribution in [0.5, 0.6) is 0 Å². The molecule has 0 aliphatic carbocycles. The lowest BCUT2D eigenvalue weighted by molar-refractivity contribution is 0.0570. The summed E-state index contributed by atoms with van der Waals surface area (Å²) in [5, 5.41) is 0. The van der Waals surface area contributed by atoms with Crippen molar-refractivity contribution >= 4 is 0 Å². The Morgan fingerprint density at radius 1 is 1.56 bits per heavy atom. The number of hydrogen-bond acceptors (Lipinski definition) is 2. The van der Waals surface area contributed by atoms with Crippen molar-refractivity contribution in [1.29, 1.82) is 0 Å². The summed E-state index contributed by atoms with van der Waals surface area (Å²) in [5.74, 6) is 0.597. The van der Waals surface area contributed by atoms with Gasteiger partial charge in [-0.25, -0.2) is 0 Å². The van der Waals surface area contributed by atoms with E-state index in [0.29, 0.717) is 18.1 Å². The van der Waals surface area contributed by atoms with Gasteiger partial charge in [-0.05, 0) is 32.7 Å². The first-order chi connectivity index (χ1) is 4.24. The maximum atomic E-state index is 5.51. The number of nitrogens with two attached hydrogens (primary N) is 1. The normalized spacial score (nSPS) is 43.7. The van der Waals surface area contributed by atoms with E-state index in [1.807, 2.05) is 0 Å². The standard InChI is InChI=1S/C7H15NO/c1-5-3-7(4-8)6(2)9-5/h5-7H,3-4,8H2,1-2H3/t5-,6-,7-/m1/s1. The van der Waals surface area contributed by atoms with E-state index in [0.717, 1.165) is 13.0 Å². The van der Waals surface area contributed by atoms with E-state index in [1.54, 1.807) is 0 Å². The first kappa shape index (κ1) is 7.03. The van der Waals surface area contributed by atoms with Gasteiger partial charge in [0.05, 0.1) is 12.2 Å². The summed E-state index contributed by atoms with van der Waals surface area (Å²) in [4.78, 5) is 0. The molecule has 0 aromatic carbocycles. The first-order valence-electron chi connectivity index (χ1n) is 3.59. The van der Waals surface area contributed by atoms with Crippen LogP contribution in [0.4, 0.5) is 0 Å². The molecule has 3 atom stereocenters. The lowest BCUT2D eigenvalue weighted by Crippen LogP contribution is -2.20. The molecule has 0 unspecified atom stereocenters. The zero-order valence-electron chi connectivity index (χ0n) is 6.13. The quantitative estimate of drug-likeness (QED) is 0.567. The number of ether oxygens (including phenoxy) is 1. The van der Waals surface area contributed by atoms with Gasteiger partial charge in [-0.15, -0.1) is 0 Å². The van der Waals surface area contributed by atoms with Gasteiger partial charge in [0, 0.05) is 0 Å². The summed E-state index contributed by atoms with van der Waals surface area (Å²) in [6.45, 7) is 4.97. The van der Waals surface area contributed by atoms with E-state index in [4.69, 9.17) is 10.5 Å². The van der Waals surface area contributed by atoms with Crippen molar-refractivity contribution in [2.24, 2.45) is 11.7 Å². The Hall–Kier alpha value is -0.0800. The Balaban J connectivity index is 2.38. The van der Waals surface area contributed by atoms with Gasteiger partial charge in [-0.1, -0.05) is 0 Å². The summed E-state index contributed by atoms with van der Waals surface area (Å²) < 4.78 is 5.48. The lowest BCUT2D eigenvalue weighted by Gasteiger charge is -2.09. The van der Waals surface area contributed by atoms with Gasteiger partial charge in [0.1, 0.15) is 0 Å². The SMILES string of the molecule is C[C@@H]1C[C@H](CN)[C@@H](C)O1. The smallest absolute Gasteiger partial charge is 0.0591 e. The minimum Gasteiger partial charge on any atom is -0.375 e. The van der Waals surface area contributed by atoms with Gasteiger partial charge in [0.15, 0.2) is 0 Å². The molecule has 2 N–H and O–H groups in total. The van der Waals surface area contributed by atoms with Gasteiger partial charge in [0.2, 0.25) is 0 Å². The Labute approximate surface area is 56.4 Å². The van der Waals surface area contributed by atoms with E-state index in [2.05, 4.69) is 13.8 Å². The highest BCUT2D eigenvalue weighted by Crippen LogP contribution is 2.24. The monoisotopic (exact) mass is 129 g/mol. The second kappa shape index (κ2) is 2.67.